The highest BCUT2D eigenvalue weighted by atomic mass is 16.7. The molecule has 0 bridgehead atoms. The molecule has 9 heteroatoms. The van der Waals surface area contributed by atoms with E-state index in [1.165, 1.54) is 5.57 Å². The zero-order valence-corrected chi connectivity index (χ0v) is 28.2. The first-order valence-electron chi connectivity index (χ1n) is 17.3. The van der Waals surface area contributed by atoms with Crippen molar-refractivity contribution in [2.75, 3.05) is 0 Å². The topological polar surface area (TPSA) is 154 Å². The normalized spacial score (nSPS) is 51.9. The summed E-state index contributed by atoms with van der Waals surface area (Å²) >= 11 is 0. The Morgan fingerprint density at radius 3 is 2.13 bits per heavy atom. The van der Waals surface area contributed by atoms with Gasteiger partial charge in [-0.2, -0.15) is 0 Å². The van der Waals surface area contributed by atoms with Crippen LogP contribution in [0.1, 0.15) is 113 Å². The largest absolute Gasteiger partial charge is 0.481 e. The zero-order valence-electron chi connectivity index (χ0n) is 28.2. The maximum Gasteiger partial charge on any atom is 0.335 e. The van der Waals surface area contributed by atoms with Crippen molar-refractivity contribution in [3.8, 4) is 0 Å². The highest BCUT2D eigenvalue weighted by Crippen LogP contribution is 2.76. The summed E-state index contributed by atoms with van der Waals surface area (Å²) < 4.78 is 11.9. The maximum atomic E-state index is 12.9. The first-order chi connectivity index (χ1) is 20.7. The summed E-state index contributed by atoms with van der Waals surface area (Å²) in [7, 11) is 0. The third kappa shape index (κ3) is 4.57. The number of carboxylic acids is 2. The van der Waals surface area contributed by atoms with E-state index in [4.69, 9.17) is 9.47 Å². The van der Waals surface area contributed by atoms with E-state index < -0.39 is 48.1 Å². The summed E-state index contributed by atoms with van der Waals surface area (Å²) in [6, 6.07) is 0. The number of aliphatic hydroxyl groups is 3. The molecule has 1 heterocycles. The summed E-state index contributed by atoms with van der Waals surface area (Å²) in [5, 5.41) is 51.4. The summed E-state index contributed by atoms with van der Waals surface area (Å²) in [4.78, 5) is 24.6. The molecule has 5 aliphatic carbocycles. The minimum atomic E-state index is -1.75. The minimum Gasteiger partial charge on any atom is -0.481 e. The van der Waals surface area contributed by atoms with Crippen molar-refractivity contribution in [1.82, 2.24) is 0 Å². The van der Waals surface area contributed by atoms with Crippen LogP contribution in [-0.4, -0.2) is 74.3 Å². The molecule has 1 aliphatic heterocycles. The molecule has 0 radical (unpaired) electrons. The van der Waals surface area contributed by atoms with Gasteiger partial charge in [-0.05, 0) is 109 Å². The van der Waals surface area contributed by atoms with E-state index >= 15 is 0 Å². The number of fused-ring (bicyclic) bond motifs is 7. The van der Waals surface area contributed by atoms with E-state index in [2.05, 4.69) is 54.5 Å². The number of allylic oxidation sites excluding steroid dienone is 2. The van der Waals surface area contributed by atoms with Crippen molar-refractivity contribution >= 4 is 11.9 Å². The highest BCUT2D eigenvalue weighted by molar-refractivity contribution is 5.76. The van der Waals surface area contributed by atoms with Crippen molar-refractivity contribution in [3.63, 3.8) is 0 Å². The van der Waals surface area contributed by atoms with Crippen LogP contribution in [0.2, 0.25) is 0 Å². The second-order valence-corrected chi connectivity index (χ2v) is 17.9. The molecule has 6 rings (SSSR count). The standard InChI is InChI=1S/C36H56O9/c1-31(2)14-16-36(30(42)43)17-15-34(6)19(20(36)18-31)8-9-22-33(5)12-11-23(32(3,4)21(33)10-13-35(22,34)7)44-29-26(39)24(37)25(38)27(45-29)28(40)41/h8,20-27,29,37-39H,9-18H2,1-7H3,(H,40,41)(H,42,43)/t20-,21-,22+,23-,24-,25-,26+,27-,29+,33-,34+,35+,36-/m1/s1. The van der Waals surface area contributed by atoms with Crippen LogP contribution < -0.4 is 0 Å². The molecular weight excluding hydrogens is 576 g/mol. The van der Waals surface area contributed by atoms with E-state index in [9.17, 15) is 35.1 Å². The zero-order chi connectivity index (χ0) is 33.1. The molecule has 254 valence electrons. The molecule has 5 N–H and O–H groups in total. The molecule has 13 atom stereocenters. The van der Waals surface area contributed by atoms with Crippen LogP contribution in [0.25, 0.3) is 0 Å². The first kappa shape index (κ1) is 33.4. The predicted octanol–water partition coefficient (Wildman–Crippen LogP) is 5.15. The predicted molar refractivity (Wildman–Crippen MR) is 166 cm³/mol. The fraction of sp³-hybridized carbons (Fsp3) is 0.889. The Kier molecular flexibility index (Phi) is 7.78. The minimum absolute atomic E-state index is 0.0000841. The lowest BCUT2D eigenvalue weighted by molar-refractivity contribution is -0.324. The van der Waals surface area contributed by atoms with Gasteiger partial charge in [0.05, 0.1) is 11.5 Å². The molecule has 9 nitrogen and oxygen atoms in total. The summed E-state index contributed by atoms with van der Waals surface area (Å²) in [5.74, 6) is -1.24. The van der Waals surface area contributed by atoms with E-state index in [0.29, 0.717) is 18.3 Å². The number of carbonyl (C=O) groups is 2. The summed E-state index contributed by atoms with van der Waals surface area (Å²) in [5.41, 5.74) is 0.508. The molecule has 0 spiro atoms. The number of hydrogen-bond donors (Lipinski definition) is 5. The second-order valence-electron chi connectivity index (χ2n) is 17.9. The average Bonchev–Trinajstić information content (AvgIpc) is 2.94. The van der Waals surface area contributed by atoms with Gasteiger partial charge in [0.1, 0.15) is 18.3 Å². The average molecular weight is 633 g/mol. The Morgan fingerprint density at radius 2 is 1.49 bits per heavy atom. The van der Waals surface area contributed by atoms with Crippen molar-refractivity contribution < 1.29 is 44.6 Å². The molecule has 1 saturated heterocycles. The number of ether oxygens (including phenoxy) is 2. The van der Waals surface area contributed by atoms with Gasteiger partial charge in [-0.3, -0.25) is 4.79 Å². The quantitative estimate of drug-likeness (QED) is 0.209. The molecule has 0 amide bonds. The number of aliphatic hydroxyl groups excluding tert-OH is 3. The van der Waals surface area contributed by atoms with Crippen molar-refractivity contribution in [2.45, 2.75) is 149 Å². The Hall–Kier alpha value is -1.52. The first-order valence-corrected chi connectivity index (χ1v) is 17.3. The van der Waals surface area contributed by atoms with Gasteiger partial charge in [0.25, 0.3) is 0 Å². The monoisotopic (exact) mass is 632 g/mol. The lowest BCUT2D eigenvalue weighted by Gasteiger charge is -2.71. The highest BCUT2D eigenvalue weighted by Gasteiger charge is 2.69. The van der Waals surface area contributed by atoms with E-state index in [1.54, 1.807) is 0 Å². The number of hydrogen-bond acceptors (Lipinski definition) is 7. The van der Waals surface area contributed by atoms with Gasteiger partial charge >= 0.3 is 11.9 Å². The van der Waals surface area contributed by atoms with Gasteiger partial charge in [-0.25, -0.2) is 4.79 Å². The van der Waals surface area contributed by atoms with Crippen molar-refractivity contribution in [2.24, 2.45) is 50.2 Å². The van der Waals surface area contributed by atoms with Gasteiger partial charge in [0, 0.05) is 0 Å². The third-order valence-electron chi connectivity index (χ3n) is 15.1. The van der Waals surface area contributed by atoms with Crippen molar-refractivity contribution in [3.05, 3.63) is 11.6 Å². The van der Waals surface area contributed by atoms with E-state index in [0.717, 1.165) is 57.8 Å². The molecule has 45 heavy (non-hydrogen) atoms. The van der Waals surface area contributed by atoms with Crippen LogP contribution in [0, 0.1) is 50.2 Å². The Bertz CT molecular complexity index is 1260. The number of rotatable bonds is 4. The Balaban J connectivity index is 1.29. The summed E-state index contributed by atoms with van der Waals surface area (Å²) in [6.45, 7) is 16.4. The SMILES string of the molecule is CC1(C)CC[C@@]2(C(=O)O)CC[C@@]3(C)C(=CC[C@H]4[C@]5(C)CC[C@@H](O[C@H]6O[C@@H](C(=O)O)[C@H](O)[C@@H](O)[C@@H]6O)C(C)(C)[C@H]5CC[C@@]43C)[C@H]2C1. The molecule has 6 aliphatic rings. The Morgan fingerprint density at radius 1 is 0.822 bits per heavy atom. The Labute approximate surface area is 267 Å². The van der Waals surface area contributed by atoms with E-state index in [-0.39, 0.29) is 39.1 Å². The molecule has 5 fully saturated rings. The smallest absolute Gasteiger partial charge is 0.335 e. The fourth-order valence-corrected chi connectivity index (χ4v) is 12.2. The molecule has 4 saturated carbocycles. The lowest BCUT2D eigenvalue weighted by atomic mass is 9.33. The van der Waals surface area contributed by atoms with Gasteiger partial charge in [0.15, 0.2) is 12.4 Å². The molecule has 0 aromatic rings. The maximum absolute atomic E-state index is 12.9. The third-order valence-corrected chi connectivity index (χ3v) is 15.1. The van der Waals surface area contributed by atoms with Gasteiger partial charge in [-0.1, -0.05) is 60.1 Å². The van der Waals surface area contributed by atoms with Gasteiger partial charge in [-0.15, -0.1) is 0 Å². The van der Waals surface area contributed by atoms with Crippen LogP contribution in [0.3, 0.4) is 0 Å². The van der Waals surface area contributed by atoms with Crippen LogP contribution >= 0.6 is 0 Å². The second kappa shape index (κ2) is 10.5. The molecule has 0 aromatic heterocycles. The number of carboxylic acid groups (broad SMARTS) is 2. The molecular formula is C36H56O9. The summed E-state index contributed by atoms with van der Waals surface area (Å²) in [6.07, 6.45) is 2.94. The lowest BCUT2D eigenvalue weighted by Crippen LogP contribution is -2.66. The van der Waals surface area contributed by atoms with Crippen LogP contribution in [-0.2, 0) is 19.1 Å². The van der Waals surface area contributed by atoms with Crippen LogP contribution in [0.5, 0.6) is 0 Å². The van der Waals surface area contributed by atoms with Crippen molar-refractivity contribution in [1.29, 1.82) is 0 Å². The van der Waals surface area contributed by atoms with Crippen LogP contribution in [0.4, 0.5) is 0 Å². The van der Waals surface area contributed by atoms with Crippen LogP contribution in [0.15, 0.2) is 11.6 Å². The van der Waals surface area contributed by atoms with E-state index in [1.807, 2.05) is 0 Å². The van der Waals surface area contributed by atoms with Gasteiger partial charge < -0.3 is 35.0 Å². The molecule has 0 unspecified atom stereocenters. The molecule has 0 aromatic carbocycles. The number of aliphatic carboxylic acids is 2. The fourth-order valence-electron chi connectivity index (χ4n) is 12.2. The van der Waals surface area contributed by atoms with Gasteiger partial charge in [0.2, 0.25) is 0 Å².